The largest absolute Gasteiger partial charge is 0.354 e. The fraction of sp³-hybridized carbons (Fsp3) is 0.231. The molecule has 3 nitrogen and oxygen atoms in total. The Morgan fingerprint density at radius 1 is 1.33 bits per heavy atom. The van der Waals surface area contributed by atoms with Crippen LogP contribution < -0.4 is 5.32 Å². The summed E-state index contributed by atoms with van der Waals surface area (Å²) in [7, 11) is 0. The van der Waals surface area contributed by atoms with E-state index in [9.17, 15) is 4.39 Å². The highest BCUT2D eigenvalue weighted by molar-refractivity contribution is 6.30. The normalized spacial score (nSPS) is 10.4. The van der Waals surface area contributed by atoms with Gasteiger partial charge >= 0.3 is 0 Å². The fourth-order valence-electron chi connectivity index (χ4n) is 1.53. The molecule has 1 heterocycles. The molecule has 0 fully saturated rings. The number of hydrogen-bond donors (Lipinski definition) is 1. The summed E-state index contributed by atoms with van der Waals surface area (Å²) in [5.41, 5.74) is 0.958. The second-order valence-corrected chi connectivity index (χ2v) is 4.25. The van der Waals surface area contributed by atoms with Crippen LogP contribution >= 0.6 is 11.6 Å². The van der Waals surface area contributed by atoms with Gasteiger partial charge in [-0.1, -0.05) is 18.5 Å². The third-order valence-electron chi connectivity index (χ3n) is 2.40. The Bertz CT molecular complexity index is 546. The first-order chi connectivity index (χ1) is 8.70. The summed E-state index contributed by atoms with van der Waals surface area (Å²) in [5.74, 6) is 0.117. The highest BCUT2D eigenvalue weighted by Crippen LogP contribution is 2.24. The summed E-state index contributed by atoms with van der Waals surface area (Å²) < 4.78 is 13.8. The van der Waals surface area contributed by atoms with E-state index in [1.165, 1.54) is 6.07 Å². The van der Waals surface area contributed by atoms with Crippen LogP contribution in [-0.2, 0) is 0 Å². The smallest absolute Gasteiger partial charge is 0.223 e. The molecule has 0 unspecified atom stereocenters. The molecule has 0 saturated heterocycles. The van der Waals surface area contributed by atoms with Crippen LogP contribution in [0, 0.1) is 5.82 Å². The molecular weight excluding hydrogens is 253 g/mol. The van der Waals surface area contributed by atoms with Gasteiger partial charge in [0.25, 0.3) is 0 Å². The Hall–Kier alpha value is -1.68. The van der Waals surface area contributed by atoms with Crippen LogP contribution in [0.5, 0.6) is 0 Å². The molecule has 1 aromatic carbocycles. The summed E-state index contributed by atoms with van der Waals surface area (Å²) in [6.07, 6.45) is 2.58. The van der Waals surface area contributed by atoms with Crippen molar-refractivity contribution in [1.82, 2.24) is 9.97 Å². The molecule has 0 aliphatic heterocycles. The zero-order chi connectivity index (χ0) is 13.0. The zero-order valence-electron chi connectivity index (χ0n) is 9.95. The van der Waals surface area contributed by atoms with E-state index in [4.69, 9.17) is 11.6 Å². The van der Waals surface area contributed by atoms with Crippen molar-refractivity contribution >= 4 is 17.5 Å². The minimum Gasteiger partial charge on any atom is -0.354 e. The molecule has 5 heteroatoms. The topological polar surface area (TPSA) is 37.8 Å². The SMILES string of the molecule is CCCNc1nccc(-c2ccc(Cl)cc2F)n1. The summed E-state index contributed by atoms with van der Waals surface area (Å²) in [6, 6.07) is 6.20. The van der Waals surface area contributed by atoms with E-state index >= 15 is 0 Å². The summed E-state index contributed by atoms with van der Waals surface area (Å²) in [6.45, 7) is 2.84. The van der Waals surface area contributed by atoms with Gasteiger partial charge in [-0.2, -0.15) is 0 Å². The second kappa shape index (κ2) is 5.78. The van der Waals surface area contributed by atoms with Gasteiger partial charge in [0.1, 0.15) is 5.82 Å². The van der Waals surface area contributed by atoms with Crippen LogP contribution in [0.4, 0.5) is 10.3 Å². The van der Waals surface area contributed by atoms with E-state index in [2.05, 4.69) is 22.2 Å². The Labute approximate surface area is 110 Å². The van der Waals surface area contributed by atoms with Gasteiger partial charge in [0, 0.05) is 23.3 Å². The molecule has 0 aliphatic carbocycles. The van der Waals surface area contributed by atoms with Crippen LogP contribution in [0.2, 0.25) is 5.02 Å². The van der Waals surface area contributed by atoms with E-state index < -0.39 is 0 Å². The van der Waals surface area contributed by atoms with Gasteiger partial charge in [-0.3, -0.25) is 0 Å². The lowest BCUT2D eigenvalue weighted by molar-refractivity contribution is 0.631. The maximum Gasteiger partial charge on any atom is 0.223 e. The molecule has 0 saturated carbocycles. The molecule has 0 bridgehead atoms. The fourth-order valence-corrected chi connectivity index (χ4v) is 1.69. The first-order valence-corrected chi connectivity index (χ1v) is 6.11. The lowest BCUT2D eigenvalue weighted by Gasteiger charge is -2.06. The van der Waals surface area contributed by atoms with Crippen LogP contribution in [0.1, 0.15) is 13.3 Å². The molecule has 0 radical (unpaired) electrons. The predicted octanol–water partition coefficient (Wildman–Crippen LogP) is 3.76. The quantitative estimate of drug-likeness (QED) is 0.915. The first kappa shape index (κ1) is 12.8. The molecule has 1 N–H and O–H groups in total. The Balaban J connectivity index is 2.32. The first-order valence-electron chi connectivity index (χ1n) is 5.73. The molecule has 0 spiro atoms. The van der Waals surface area contributed by atoms with Gasteiger partial charge in [-0.15, -0.1) is 0 Å². The minimum absolute atomic E-state index is 0.370. The van der Waals surface area contributed by atoms with Crippen LogP contribution in [-0.4, -0.2) is 16.5 Å². The summed E-state index contributed by atoms with van der Waals surface area (Å²) in [5, 5.41) is 3.43. The number of nitrogens with one attached hydrogen (secondary N) is 1. The average Bonchev–Trinajstić information content (AvgIpc) is 2.36. The van der Waals surface area contributed by atoms with E-state index in [0.717, 1.165) is 13.0 Å². The van der Waals surface area contributed by atoms with E-state index in [1.807, 2.05) is 0 Å². The summed E-state index contributed by atoms with van der Waals surface area (Å²) in [4.78, 5) is 8.34. The Kier molecular flexibility index (Phi) is 4.10. The molecule has 18 heavy (non-hydrogen) atoms. The van der Waals surface area contributed by atoms with E-state index in [-0.39, 0.29) is 5.82 Å². The highest BCUT2D eigenvalue weighted by atomic mass is 35.5. The molecule has 1 aromatic heterocycles. The zero-order valence-corrected chi connectivity index (χ0v) is 10.7. The van der Waals surface area contributed by atoms with Crippen LogP contribution in [0.15, 0.2) is 30.5 Å². The number of benzene rings is 1. The van der Waals surface area contributed by atoms with Crippen molar-refractivity contribution in [2.45, 2.75) is 13.3 Å². The number of rotatable bonds is 4. The molecule has 2 aromatic rings. The van der Waals surface area contributed by atoms with Crippen LogP contribution in [0.3, 0.4) is 0 Å². The number of aromatic nitrogens is 2. The van der Waals surface area contributed by atoms with Crippen LogP contribution in [0.25, 0.3) is 11.3 Å². The van der Waals surface area contributed by atoms with Gasteiger partial charge in [-0.05, 0) is 30.7 Å². The molecule has 0 atom stereocenters. The van der Waals surface area contributed by atoms with E-state index in [0.29, 0.717) is 22.2 Å². The monoisotopic (exact) mass is 265 g/mol. The molecule has 0 amide bonds. The van der Waals surface area contributed by atoms with E-state index in [1.54, 1.807) is 24.4 Å². The van der Waals surface area contributed by atoms with Crippen molar-refractivity contribution < 1.29 is 4.39 Å². The van der Waals surface area contributed by atoms with Gasteiger partial charge < -0.3 is 5.32 Å². The lowest BCUT2D eigenvalue weighted by Crippen LogP contribution is -2.04. The van der Waals surface area contributed by atoms with Crippen molar-refractivity contribution in [2.75, 3.05) is 11.9 Å². The van der Waals surface area contributed by atoms with Crippen molar-refractivity contribution in [2.24, 2.45) is 0 Å². The maximum absolute atomic E-state index is 13.8. The van der Waals surface area contributed by atoms with Crippen molar-refractivity contribution in [1.29, 1.82) is 0 Å². The Morgan fingerprint density at radius 2 is 2.17 bits per heavy atom. The summed E-state index contributed by atoms with van der Waals surface area (Å²) >= 11 is 5.72. The third-order valence-corrected chi connectivity index (χ3v) is 2.63. The molecule has 0 aliphatic rings. The number of halogens is 2. The van der Waals surface area contributed by atoms with Gasteiger partial charge in [0.2, 0.25) is 5.95 Å². The third kappa shape index (κ3) is 2.96. The van der Waals surface area contributed by atoms with Gasteiger partial charge in [0.05, 0.1) is 5.69 Å². The number of hydrogen-bond acceptors (Lipinski definition) is 3. The molecular formula is C13H13ClFN3. The van der Waals surface area contributed by atoms with Gasteiger partial charge in [0.15, 0.2) is 0 Å². The van der Waals surface area contributed by atoms with Crippen molar-refractivity contribution in [3.8, 4) is 11.3 Å². The maximum atomic E-state index is 13.8. The minimum atomic E-state index is -0.386. The molecule has 2 rings (SSSR count). The number of anilines is 1. The van der Waals surface area contributed by atoms with Crippen molar-refractivity contribution in [3.05, 3.63) is 41.3 Å². The lowest BCUT2D eigenvalue weighted by atomic mass is 10.1. The standard InChI is InChI=1S/C13H13ClFN3/c1-2-6-16-13-17-7-5-12(18-13)10-4-3-9(14)8-11(10)15/h3-5,7-8H,2,6H2,1H3,(H,16,17,18). The second-order valence-electron chi connectivity index (χ2n) is 3.82. The van der Waals surface area contributed by atoms with Crippen molar-refractivity contribution in [3.63, 3.8) is 0 Å². The number of nitrogens with zero attached hydrogens (tertiary/aromatic N) is 2. The van der Waals surface area contributed by atoms with Gasteiger partial charge in [-0.25, -0.2) is 14.4 Å². The predicted molar refractivity (Wildman–Crippen MR) is 71.2 cm³/mol. The molecule has 94 valence electrons. The average molecular weight is 266 g/mol. The Morgan fingerprint density at radius 3 is 2.89 bits per heavy atom. The highest BCUT2D eigenvalue weighted by Gasteiger charge is 2.08.